The Labute approximate surface area is 178 Å². The summed E-state index contributed by atoms with van der Waals surface area (Å²) in [5.41, 5.74) is 3.42. The van der Waals surface area contributed by atoms with Crippen LogP contribution in [0.4, 0.5) is 5.82 Å². The number of rotatable bonds is 4. The molecule has 6 nitrogen and oxygen atoms in total. The number of anilines is 1. The van der Waals surface area contributed by atoms with Crippen LogP contribution in [0.1, 0.15) is 22.1 Å². The van der Waals surface area contributed by atoms with E-state index in [-0.39, 0.29) is 11.2 Å². The van der Waals surface area contributed by atoms with Crippen molar-refractivity contribution in [2.75, 3.05) is 25.3 Å². The topological polar surface area (TPSA) is 65.4 Å². The Bertz CT molecular complexity index is 1080. The number of hydrogen-bond acceptors (Lipinski definition) is 5. The number of aryl methyl sites for hydroxylation is 1. The largest absolute Gasteiger partial charge is 0.497 e. The smallest absolute Gasteiger partial charge is 0.235 e. The van der Waals surface area contributed by atoms with Gasteiger partial charge in [0.05, 0.1) is 41.6 Å². The molecule has 2 aromatic carbocycles. The van der Waals surface area contributed by atoms with E-state index in [0.717, 1.165) is 16.8 Å². The van der Waals surface area contributed by atoms with Crippen LogP contribution in [0.15, 0.2) is 42.5 Å². The van der Waals surface area contributed by atoms with Crippen LogP contribution in [0.5, 0.6) is 11.5 Å². The van der Waals surface area contributed by atoms with Crippen molar-refractivity contribution in [1.82, 2.24) is 9.78 Å². The Hall–Kier alpha value is -2.64. The Morgan fingerprint density at radius 3 is 2.72 bits per heavy atom. The number of nitrogens with one attached hydrogen (secondary N) is 1. The summed E-state index contributed by atoms with van der Waals surface area (Å²) >= 11 is 7.95. The second-order valence-corrected chi connectivity index (χ2v) is 8.06. The molecule has 1 aliphatic rings. The fourth-order valence-electron chi connectivity index (χ4n) is 3.46. The minimum atomic E-state index is -0.138. The van der Waals surface area contributed by atoms with E-state index < -0.39 is 0 Å². The number of methoxy groups -OCH3 is 2. The fraction of sp³-hybridized carbons (Fsp3) is 0.238. The number of halogens is 1. The molecule has 0 unspecified atom stereocenters. The van der Waals surface area contributed by atoms with Gasteiger partial charge in [-0.25, -0.2) is 4.68 Å². The van der Waals surface area contributed by atoms with Gasteiger partial charge in [0, 0.05) is 17.2 Å². The SMILES string of the molecule is COc1ccc([C@H]2SCC(=O)Nc3c2c(C)nn3-c2ccccc2Cl)c(OC)c1. The molecule has 3 aromatic rings. The third-order valence-electron chi connectivity index (χ3n) is 4.81. The Morgan fingerprint density at radius 2 is 2.00 bits per heavy atom. The Balaban J connectivity index is 1.91. The number of carbonyl (C=O) groups is 1. The molecule has 0 aliphatic carbocycles. The fourth-order valence-corrected chi connectivity index (χ4v) is 4.89. The number of amides is 1. The lowest BCUT2D eigenvalue weighted by Crippen LogP contribution is -2.16. The summed E-state index contributed by atoms with van der Waals surface area (Å²) in [7, 11) is 3.25. The average Bonchev–Trinajstić information content (AvgIpc) is 2.93. The quantitative estimate of drug-likeness (QED) is 0.655. The van der Waals surface area contributed by atoms with Crippen LogP contribution >= 0.6 is 23.4 Å². The molecule has 1 N–H and O–H groups in total. The molecule has 0 spiro atoms. The van der Waals surface area contributed by atoms with E-state index in [9.17, 15) is 4.79 Å². The number of benzene rings is 2. The molecule has 2 heterocycles. The molecular formula is C21H20ClN3O3S. The van der Waals surface area contributed by atoms with Gasteiger partial charge >= 0.3 is 0 Å². The maximum Gasteiger partial charge on any atom is 0.235 e. The highest BCUT2D eigenvalue weighted by Gasteiger charge is 2.32. The van der Waals surface area contributed by atoms with Gasteiger partial charge in [-0.3, -0.25) is 4.79 Å². The van der Waals surface area contributed by atoms with Gasteiger partial charge in [0.2, 0.25) is 5.91 Å². The summed E-state index contributed by atoms with van der Waals surface area (Å²) in [4.78, 5) is 12.5. The number of ether oxygens (including phenoxy) is 2. The number of fused-ring (bicyclic) bond motifs is 1. The van der Waals surface area contributed by atoms with E-state index in [1.165, 1.54) is 11.8 Å². The first-order valence-corrected chi connectivity index (χ1v) is 10.4. The van der Waals surface area contributed by atoms with Gasteiger partial charge in [-0.1, -0.05) is 29.8 Å². The highest BCUT2D eigenvalue weighted by molar-refractivity contribution is 8.00. The second kappa shape index (κ2) is 8.00. The number of carbonyl (C=O) groups excluding carboxylic acids is 1. The van der Waals surface area contributed by atoms with E-state index in [4.69, 9.17) is 26.2 Å². The van der Waals surface area contributed by atoms with Crippen LogP contribution in [0.3, 0.4) is 0 Å². The number of hydrogen-bond donors (Lipinski definition) is 1. The third kappa shape index (κ3) is 3.56. The first kappa shape index (κ1) is 19.7. The lowest BCUT2D eigenvalue weighted by Gasteiger charge is -2.19. The zero-order valence-corrected chi connectivity index (χ0v) is 17.8. The van der Waals surface area contributed by atoms with Crippen molar-refractivity contribution in [2.24, 2.45) is 0 Å². The predicted octanol–water partition coefficient (Wildman–Crippen LogP) is 4.63. The number of nitrogens with zero attached hydrogens (tertiary/aromatic N) is 2. The van der Waals surface area contributed by atoms with Crippen LogP contribution in [-0.4, -0.2) is 35.7 Å². The van der Waals surface area contributed by atoms with Crippen molar-refractivity contribution in [2.45, 2.75) is 12.2 Å². The zero-order chi connectivity index (χ0) is 20.5. The zero-order valence-electron chi connectivity index (χ0n) is 16.2. The highest BCUT2D eigenvalue weighted by Crippen LogP contribution is 2.47. The van der Waals surface area contributed by atoms with Crippen LogP contribution in [0.25, 0.3) is 5.69 Å². The van der Waals surface area contributed by atoms with Gasteiger partial charge in [-0.2, -0.15) is 5.10 Å². The van der Waals surface area contributed by atoms with Gasteiger partial charge in [-0.05, 0) is 25.1 Å². The first-order chi connectivity index (χ1) is 14.0. The van der Waals surface area contributed by atoms with Crippen LogP contribution < -0.4 is 14.8 Å². The molecule has 0 saturated heterocycles. The molecule has 0 fully saturated rings. The van der Waals surface area contributed by atoms with Crippen molar-refractivity contribution >= 4 is 35.1 Å². The molecule has 0 bridgehead atoms. The lowest BCUT2D eigenvalue weighted by molar-refractivity contribution is -0.113. The average molecular weight is 430 g/mol. The molecule has 8 heteroatoms. The van der Waals surface area contributed by atoms with Crippen molar-refractivity contribution in [3.8, 4) is 17.2 Å². The molecular weight excluding hydrogens is 410 g/mol. The number of aromatic nitrogens is 2. The van der Waals surface area contributed by atoms with Crippen molar-refractivity contribution < 1.29 is 14.3 Å². The predicted molar refractivity (Wildman–Crippen MR) is 116 cm³/mol. The van der Waals surface area contributed by atoms with Gasteiger partial charge in [0.15, 0.2) is 0 Å². The first-order valence-electron chi connectivity index (χ1n) is 9.01. The molecule has 1 amide bonds. The van der Waals surface area contributed by atoms with Gasteiger partial charge in [-0.15, -0.1) is 11.8 Å². The van der Waals surface area contributed by atoms with Crippen molar-refractivity contribution in [3.63, 3.8) is 0 Å². The lowest BCUT2D eigenvalue weighted by atomic mass is 10.0. The molecule has 1 aromatic heterocycles. The van der Waals surface area contributed by atoms with E-state index in [1.54, 1.807) is 25.0 Å². The summed E-state index contributed by atoms with van der Waals surface area (Å²) < 4.78 is 12.7. The summed E-state index contributed by atoms with van der Waals surface area (Å²) in [5.74, 6) is 2.28. The maximum atomic E-state index is 12.5. The monoisotopic (exact) mass is 429 g/mol. The number of thioether (sulfide) groups is 1. The molecule has 4 rings (SSSR count). The molecule has 0 radical (unpaired) electrons. The summed E-state index contributed by atoms with van der Waals surface area (Å²) in [5, 5.41) is 8.14. The minimum absolute atomic E-state index is 0.0839. The number of para-hydroxylation sites is 1. The second-order valence-electron chi connectivity index (χ2n) is 6.56. The summed E-state index contributed by atoms with van der Waals surface area (Å²) in [6, 6.07) is 13.2. The molecule has 29 heavy (non-hydrogen) atoms. The van der Waals surface area contributed by atoms with Gasteiger partial charge in [0.25, 0.3) is 0 Å². The standard InChI is InChI=1S/C21H20ClN3O3S/c1-12-19-20(14-9-8-13(27-2)10-17(14)28-3)29-11-18(26)23-21(19)25(24-12)16-7-5-4-6-15(16)22/h4-10,20H,11H2,1-3H3,(H,23,26)/t20-/m1/s1. The van der Waals surface area contributed by atoms with Crippen molar-refractivity contribution in [3.05, 3.63) is 64.3 Å². The Morgan fingerprint density at radius 1 is 1.21 bits per heavy atom. The van der Waals surface area contributed by atoms with Gasteiger partial charge < -0.3 is 14.8 Å². The van der Waals surface area contributed by atoms with Crippen LogP contribution in [0.2, 0.25) is 5.02 Å². The van der Waals surface area contributed by atoms with E-state index in [1.807, 2.05) is 43.3 Å². The van der Waals surface area contributed by atoms with E-state index in [0.29, 0.717) is 33.8 Å². The van der Waals surface area contributed by atoms with Crippen LogP contribution in [-0.2, 0) is 4.79 Å². The minimum Gasteiger partial charge on any atom is -0.497 e. The molecule has 1 aliphatic heterocycles. The van der Waals surface area contributed by atoms with E-state index in [2.05, 4.69) is 5.32 Å². The van der Waals surface area contributed by atoms with Gasteiger partial charge in [0.1, 0.15) is 17.3 Å². The molecule has 150 valence electrons. The highest BCUT2D eigenvalue weighted by atomic mass is 35.5. The molecule has 0 saturated carbocycles. The summed E-state index contributed by atoms with van der Waals surface area (Å²) in [6.45, 7) is 1.94. The third-order valence-corrected chi connectivity index (χ3v) is 6.38. The van der Waals surface area contributed by atoms with E-state index >= 15 is 0 Å². The molecule has 1 atom stereocenters. The van der Waals surface area contributed by atoms with Crippen molar-refractivity contribution in [1.29, 1.82) is 0 Å². The summed E-state index contributed by atoms with van der Waals surface area (Å²) in [6.07, 6.45) is 0. The Kier molecular flexibility index (Phi) is 5.43. The van der Waals surface area contributed by atoms with Crippen LogP contribution in [0, 0.1) is 6.92 Å². The maximum absolute atomic E-state index is 12.5. The normalized spacial score (nSPS) is 16.0.